The minimum absolute atomic E-state index is 0.0580. The van der Waals surface area contributed by atoms with Gasteiger partial charge in [-0.1, -0.05) is 48.0 Å². The zero-order valence-corrected chi connectivity index (χ0v) is 18.0. The third-order valence-electron chi connectivity index (χ3n) is 4.74. The van der Waals surface area contributed by atoms with Gasteiger partial charge in [0.25, 0.3) is 0 Å². The number of hydrazone groups is 1. The van der Waals surface area contributed by atoms with E-state index in [1.807, 2.05) is 48.5 Å². The fraction of sp³-hybridized carbons (Fsp3) is 0.364. The highest BCUT2D eigenvalue weighted by Gasteiger charge is 2.16. The topological polar surface area (TPSA) is 47.9 Å². The van der Waals surface area contributed by atoms with E-state index in [-0.39, 0.29) is 5.91 Å². The molecule has 3 rings (SSSR count). The molecule has 1 amide bonds. The highest BCUT2D eigenvalue weighted by molar-refractivity contribution is 7.99. The number of piperazine rings is 1. The Morgan fingerprint density at radius 1 is 1.10 bits per heavy atom. The number of benzene rings is 2. The Balaban J connectivity index is 1.24. The van der Waals surface area contributed by atoms with Crippen molar-refractivity contribution in [3.63, 3.8) is 0 Å². The lowest BCUT2D eigenvalue weighted by molar-refractivity contribution is -0.118. The number of hydrogen-bond acceptors (Lipinski definition) is 5. The van der Waals surface area contributed by atoms with E-state index in [1.54, 1.807) is 18.0 Å². The molecule has 1 heterocycles. The fourth-order valence-corrected chi connectivity index (χ4v) is 4.12. The predicted octanol–water partition coefficient (Wildman–Crippen LogP) is 3.74. The second kappa shape index (κ2) is 11.9. The molecule has 0 radical (unpaired) electrons. The summed E-state index contributed by atoms with van der Waals surface area (Å²) in [7, 11) is 0. The number of hydrogen-bond donors (Lipinski definition) is 1. The molecule has 2 aromatic rings. The quantitative estimate of drug-likeness (QED) is 0.374. The first kappa shape index (κ1) is 21.7. The van der Waals surface area contributed by atoms with Crippen molar-refractivity contribution in [3.05, 3.63) is 65.2 Å². The second-order valence-electron chi connectivity index (χ2n) is 6.92. The van der Waals surface area contributed by atoms with Gasteiger partial charge in [0, 0.05) is 36.9 Å². The van der Waals surface area contributed by atoms with E-state index in [2.05, 4.69) is 26.4 Å². The van der Waals surface area contributed by atoms with Gasteiger partial charge in [0.05, 0.1) is 12.0 Å². The molecule has 29 heavy (non-hydrogen) atoms. The number of nitrogens with one attached hydrogen (secondary N) is 1. The first-order chi connectivity index (χ1) is 14.2. The van der Waals surface area contributed by atoms with E-state index in [9.17, 15) is 4.79 Å². The van der Waals surface area contributed by atoms with Crippen molar-refractivity contribution >= 4 is 41.2 Å². The van der Waals surface area contributed by atoms with E-state index < -0.39 is 0 Å². The smallest absolute Gasteiger partial charge is 0.250 e. The van der Waals surface area contributed by atoms with Crippen molar-refractivity contribution in [2.45, 2.75) is 6.42 Å². The third kappa shape index (κ3) is 7.72. The second-order valence-corrected chi connectivity index (χ2v) is 8.46. The number of anilines is 1. The van der Waals surface area contributed by atoms with Crippen molar-refractivity contribution in [2.24, 2.45) is 5.10 Å². The van der Waals surface area contributed by atoms with Crippen molar-refractivity contribution in [1.29, 1.82) is 0 Å². The van der Waals surface area contributed by atoms with E-state index in [1.165, 1.54) is 5.69 Å². The Labute approximate surface area is 182 Å². The number of carbonyl (C=O) groups excluding carboxylic acids is 1. The van der Waals surface area contributed by atoms with Crippen molar-refractivity contribution < 1.29 is 4.79 Å². The maximum atomic E-state index is 11.8. The van der Waals surface area contributed by atoms with Crippen LogP contribution in [0.5, 0.6) is 0 Å². The summed E-state index contributed by atoms with van der Waals surface area (Å²) in [5, 5.41) is 4.78. The van der Waals surface area contributed by atoms with Crippen LogP contribution in [0, 0.1) is 0 Å². The molecule has 1 fully saturated rings. The monoisotopic (exact) mass is 430 g/mol. The van der Waals surface area contributed by atoms with E-state index in [0.717, 1.165) is 55.5 Å². The largest absolute Gasteiger partial charge is 0.369 e. The average molecular weight is 431 g/mol. The Bertz CT molecular complexity index is 794. The minimum atomic E-state index is -0.0580. The summed E-state index contributed by atoms with van der Waals surface area (Å²) in [6, 6.07) is 17.8. The van der Waals surface area contributed by atoms with Crippen molar-refractivity contribution in [2.75, 3.05) is 49.1 Å². The normalized spacial score (nSPS) is 15.0. The summed E-state index contributed by atoms with van der Waals surface area (Å²) >= 11 is 7.75. The molecule has 1 aliphatic heterocycles. The molecular formula is C22H27ClN4OS. The Hall–Kier alpha value is -2.02. The molecule has 2 aromatic carbocycles. The average Bonchev–Trinajstić information content (AvgIpc) is 2.75. The van der Waals surface area contributed by atoms with Crippen LogP contribution >= 0.6 is 23.4 Å². The van der Waals surface area contributed by atoms with Crippen molar-refractivity contribution in [1.82, 2.24) is 10.3 Å². The standard InChI is InChI=1S/C22H27ClN4OS/c23-20-8-4-9-21(16-20)27-13-11-26(12-14-27)10-5-15-29-18-22(28)25-24-17-19-6-2-1-3-7-19/h1-4,6-9,16-17H,5,10-15,18H2,(H,25,28)/b24-17-. The Morgan fingerprint density at radius 2 is 1.90 bits per heavy atom. The molecular weight excluding hydrogens is 404 g/mol. The molecule has 1 aliphatic rings. The lowest BCUT2D eigenvalue weighted by atomic mass is 10.2. The molecule has 0 unspecified atom stereocenters. The van der Waals surface area contributed by atoms with Crippen LogP contribution in [-0.2, 0) is 4.79 Å². The summed E-state index contributed by atoms with van der Waals surface area (Å²) in [6.07, 6.45) is 2.74. The van der Waals surface area contributed by atoms with Crippen molar-refractivity contribution in [3.8, 4) is 0 Å². The number of thioether (sulfide) groups is 1. The van der Waals surface area contributed by atoms with Gasteiger partial charge in [0.2, 0.25) is 5.91 Å². The maximum absolute atomic E-state index is 11.8. The summed E-state index contributed by atoms with van der Waals surface area (Å²) in [6.45, 7) is 5.24. The van der Waals surface area contributed by atoms with Crippen LogP contribution < -0.4 is 10.3 Å². The number of amides is 1. The molecule has 0 bridgehead atoms. The molecule has 0 spiro atoms. The molecule has 1 N–H and O–H groups in total. The third-order valence-corrected chi connectivity index (χ3v) is 6.02. The molecule has 0 aliphatic carbocycles. The highest BCUT2D eigenvalue weighted by atomic mass is 35.5. The van der Waals surface area contributed by atoms with Gasteiger partial charge in [-0.05, 0) is 42.5 Å². The molecule has 1 saturated heterocycles. The lowest BCUT2D eigenvalue weighted by Gasteiger charge is -2.36. The van der Waals surface area contributed by atoms with Crippen LogP contribution in [0.15, 0.2) is 59.7 Å². The number of rotatable bonds is 9. The van der Waals surface area contributed by atoms with E-state index >= 15 is 0 Å². The predicted molar refractivity (Wildman–Crippen MR) is 124 cm³/mol. The molecule has 7 heteroatoms. The van der Waals surface area contributed by atoms with Gasteiger partial charge in [-0.15, -0.1) is 0 Å². The Morgan fingerprint density at radius 3 is 2.66 bits per heavy atom. The fourth-order valence-electron chi connectivity index (χ4n) is 3.21. The van der Waals surface area contributed by atoms with Gasteiger partial charge in [0.1, 0.15) is 0 Å². The van der Waals surface area contributed by atoms with Crippen LogP contribution in [0.2, 0.25) is 5.02 Å². The first-order valence-corrected chi connectivity index (χ1v) is 11.4. The number of nitrogens with zero attached hydrogens (tertiary/aromatic N) is 3. The molecule has 0 aromatic heterocycles. The number of carbonyl (C=O) groups is 1. The van der Waals surface area contributed by atoms with Gasteiger partial charge in [-0.3, -0.25) is 9.69 Å². The van der Waals surface area contributed by atoms with Crippen LogP contribution in [0.4, 0.5) is 5.69 Å². The van der Waals surface area contributed by atoms with Crippen LogP contribution in [0.3, 0.4) is 0 Å². The summed E-state index contributed by atoms with van der Waals surface area (Å²) in [5.41, 5.74) is 4.75. The molecule has 0 atom stereocenters. The Kier molecular flexibility index (Phi) is 8.86. The van der Waals surface area contributed by atoms with Crippen LogP contribution in [0.25, 0.3) is 0 Å². The zero-order valence-electron chi connectivity index (χ0n) is 16.5. The van der Waals surface area contributed by atoms with Gasteiger partial charge in [-0.2, -0.15) is 16.9 Å². The van der Waals surface area contributed by atoms with Gasteiger partial charge < -0.3 is 4.90 Å². The summed E-state index contributed by atoms with van der Waals surface area (Å²) in [4.78, 5) is 16.7. The van der Waals surface area contributed by atoms with Gasteiger partial charge in [-0.25, -0.2) is 5.43 Å². The molecule has 0 saturated carbocycles. The maximum Gasteiger partial charge on any atom is 0.250 e. The molecule has 5 nitrogen and oxygen atoms in total. The summed E-state index contributed by atoms with van der Waals surface area (Å²) in [5.74, 6) is 1.36. The first-order valence-electron chi connectivity index (χ1n) is 9.88. The van der Waals surface area contributed by atoms with Crippen LogP contribution in [-0.4, -0.2) is 61.3 Å². The summed E-state index contributed by atoms with van der Waals surface area (Å²) < 4.78 is 0. The van der Waals surface area contributed by atoms with E-state index in [4.69, 9.17) is 11.6 Å². The van der Waals surface area contributed by atoms with Gasteiger partial charge in [0.15, 0.2) is 0 Å². The number of halogens is 1. The molecule has 154 valence electrons. The zero-order chi connectivity index (χ0) is 20.3. The lowest BCUT2D eigenvalue weighted by Crippen LogP contribution is -2.46. The highest BCUT2D eigenvalue weighted by Crippen LogP contribution is 2.20. The minimum Gasteiger partial charge on any atom is -0.369 e. The van der Waals surface area contributed by atoms with Gasteiger partial charge >= 0.3 is 0 Å². The van der Waals surface area contributed by atoms with Crippen LogP contribution in [0.1, 0.15) is 12.0 Å². The van der Waals surface area contributed by atoms with E-state index in [0.29, 0.717) is 5.75 Å². The SMILES string of the molecule is O=C(CSCCCN1CCN(c2cccc(Cl)c2)CC1)N/N=C\c1ccccc1.